The zero-order chi connectivity index (χ0) is 15.0. The predicted molar refractivity (Wildman–Crippen MR) is 66.3 cm³/mol. The van der Waals surface area contributed by atoms with E-state index >= 15 is 0 Å². The molecule has 3 amide bonds. The highest BCUT2D eigenvalue weighted by atomic mass is 16.4. The average molecular weight is 284 g/mol. The summed E-state index contributed by atoms with van der Waals surface area (Å²) in [6.45, 7) is 0.175. The second-order valence-corrected chi connectivity index (χ2v) is 3.98. The van der Waals surface area contributed by atoms with Crippen molar-refractivity contribution in [1.82, 2.24) is 25.6 Å². The second-order valence-electron chi connectivity index (χ2n) is 3.98. The molecule has 0 aliphatic carbocycles. The van der Waals surface area contributed by atoms with Crippen molar-refractivity contribution < 1.29 is 19.5 Å². The minimum absolute atomic E-state index is 0.126. The third-order valence-corrected chi connectivity index (χ3v) is 2.20. The molecule has 1 aromatic heterocycles. The van der Waals surface area contributed by atoms with Gasteiger partial charge in [-0.2, -0.15) is 0 Å². The minimum atomic E-state index is -1.03. The molecule has 0 unspecified atom stereocenters. The first-order chi connectivity index (χ1) is 9.47. The molecule has 10 heteroatoms. The van der Waals surface area contributed by atoms with E-state index in [1.54, 1.807) is 0 Å². The van der Waals surface area contributed by atoms with Crippen LogP contribution in [0.25, 0.3) is 0 Å². The fourth-order valence-corrected chi connectivity index (χ4v) is 1.33. The third kappa shape index (κ3) is 6.33. The van der Waals surface area contributed by atoms with Crippen molar-refractivity contribution in [3.05, 3.63) is 11.9 Å². The first-order valence-corrected chi connectivity index (χ1v) is 5.88. The van der Waals surface area contributed by atoms with E-state index in [0.717, 1.165) is 4.68 Å². The summed E-state index contributed by atoms with van der Waals surface area (Å²) < 4.78 is 1.16. The Balaban J connectivity index is 2.22. The predicted octanol–water partition coefficient (Wildman–Crippen LogP) is -1.57. The van der Waals surface area contributed by atoms with Gasteiger partial charge in [-0.25, -0.2) is 9.48 Å². The summed E-state index contributed by atoms with van der Waals surface area (Å²) in [7, 11) is 0. The van der Waals surface area contributed by atoms with E-state index in [4.69, 9.17) is 10.8 Å². The number of carbonyl (C=O) groups excluding carboxylic acids is 2. The topological polar surface area (TPSA) is 152 Å². The summed E-state index contributed by atoms with van der Waals surface area (Å²) in [5, 5.41) is 20.9. The maximum atomic E-state index is 11.4. The molecule has 20 heavy (non-hydrogen) atoms. The molecule has 5 N–H and O–H groups in total. The minimum Gasteiger partial charge on any atom is -0.480 e. The van der Waals surface area contributed by atoms with E-state index in [2.05, 4.69) is 20.9 Å². The number of nitrogens with two attached hydrogens (primary N) is 1. The molecule has 0 bridgehead atoms. The number of primary amides is 1. The molecule has 0 aromatic carbocycles. The van der Waals surface area contributed by atoms with Crippen LogP contribution in [0.1, 0.15) is 18.5 Å². The van der Waals surface area contributed by atoms with Crippen LogP contribution in [-0.2, 0) is 22.7 Å². The standard InChI is InChI=1S/C10H16N6O4/c11-8(17)2-1-3-12-10(20)13-4-7-5-16(15-14-7)6-9(18)19/h5H,1-4,6H2,(H2,11,17)(H,18,19)(H2,12,13,20). The lowest BCUT2D eigenvalue weighted by Crippen LogP contribution is -2.35. The SMILES string of the molecule is NC(=O)CCCNC(=O)NCc1cn(CC(=O)O)nn1. The first kappa shape index (κ1) is 15.4. The number of nitrogens with one attached hydrogen (secondary N) is 2. The number of aromatic nitrogens is 3. The summed E-state index contributed by atoms with van der Waals surface area (Å²) >= 11 is 0. The Morgan fingerprint density at radius 3 is 2.75 bits per heavy atom. The normalized spacial score (nSPS) is 10.0. The highest BCUT2D eigenvalue weighted by Crippen LogP contribution is 1.92. The van der Waals surface area contributed by atoms with Crippen LogP contribution in [0.3, 0.4) is 0 Å². The molecule has 0 radical (unpaired) electrons. The lowest BCUT2D eigenvalue weighted by molar-refractivity contribution is -0.137. The molecule has 0 saturated heterocycles. The van der Waals surface area contributed by atoms with Gasteiger partial charge in [0, 0.05) is 13.0 Å². The molecule has 0 aliphatic rings. The van der Waals surface area contributed by atoms with E-state index in [1.807, 2.05) is 0 Å². The van der Waals surface area contributed by atoms with Crippen LogP contribution >= 0.6 is 0 Å². The molecule has 0 saturated carbocycles. The van der Waals surface area contributed by atoms with E-state index < -0.39 is 17.9 Å². The lowest BCUT2D eigenvalue weighted by atomic mass is 10.3. The van der Waals surface area contributed by atoms with Gasteiger partial charge < -0.3 is 21.5 Å². The molecule has 0 aliphatic heterocycles. The molecular formula is C10H16N6O4. The van der Waals surface area contributed by atoms with Gasteiger partial charge in [-0.3, -0.25) is 9.59 Å². The number of urea groups is 1. The van der Waals surface area contributed by atoms with Crippen LogP contribution in [0.5, 0.6) is 0 Å². The highest BCUT2D eigenvalue weighted by Gasteiger charge is 2.06. The number of carboxylic acids is 1. The summed E-state index contributed by atoms with van der Waals surface area (Å²) in [6, 6.07) is -0.415. The van der Waals surface area contributed by atoms with Crippen molar-refractivity contribution in [3.8, 4) is 0 Å². The van der Waals surface area contributed by atoms with Crippen LogP contribution in [0.15, 0.2) is 6.20 Å². The van der Waals surface area contributed by atoms with Crippen LogP contribution in [-0.4, -0.2) is 44.6 Å². The molecule has 1 aromatic rings. The Morgan fingerprint density at radius 2 is 2.10 bits per heavy atom. The molecule has 1 rings (SSSR count). The number of amides is 3. The molecule has 0 atom stereocenters. The van der Waals surface area contributed by atoms with Gasteiger partial charge in [0.05, 0.1) is 12.7 Å². The van der Waals surface area contributed by atoms with Crippen molar-refractivity contribution in [3.63, 3.8) is 0 Å². The average Bonchev–Trinajstić information content (AvgIpc) is 2.78. The summed E-state index contributed by atoms with van der Waals surface area (Å²) in [5.41, 5.74) is 5.40. The van der Waals surface area contributed by atoms with Crippen LogP contribution < -0.4 is 16.4 Å². The van der Waals surface area contributed by atoms with Crippen molar-refractivity contribution >= 4 is 17.9 Å². The zero-order valence-electron chi connectivity index (χ0n) is 10.7. The number of rotatable bonds is 8. The first-order valence-electron chi connectivity index (χ1n) is 5.88. The Morgan fingerprint density at radius 1 is 1.35 bits per heavy atom. The van der Waals surface area contributed by atoms with Crippen molar-refractivity contribution in [2.24, 2.45) is 5.73 Å². The molecule has 1 heterocycles. The van der Waals surface area contributed by atoms with Gasteiger partial charge in [0.1, 0.15) is 12.2 Å². The smallest absolute Gasteiger partial charge is 0.325 e. The van der Waals surface area contributed by atoms with E-state index in [-0.39, 0.29) is 19.5 Å². The lowest BCUT2D eigenvalue weighted by Gasteiger charge is -2.05. The maximum absolute atomic E-state index is 11.4. The van der Waals surface area contributed by atoms with Crippen molar-refractivity contribution in [1.29, 1.82) is 0 Å². The number of carboxylic acid groups (broad SMARTS) is 1. The van der Waals surface area contributed by atoms with E-state index in [0.29, 0.717) is 18.7 Å². The third-order valence-electron chi connectivity index (χ3n) is 2.20. The maximum Gasteiger partial charge on any atom is 0.325 e. The van der Waals surface area contributed by atoms with E-state index in [1.165, 1.54) is 6.20 Å². The monoisotopic (exact) mass is 284 g/mol. The molecule has 110 valence electrons. The highest BCUT2D eigenvalue weighted by molar-refractivity contribution is 5.74. The summed E-state index contributed by atoms with van der Waals surface area (Å²) in [6.07, 6.45) is 2.11. The van der Waals surface area contributed by atoms with Crippen LogP contribution in [0, 0.1) is 0 Å². The summed E-state index contributed by atoms with van der Waals surface area (Å²) in [5.74, 6) is -1.44. The Labute approximate surface area is 114 Å². The second kappa shape index (κ2) is 7.71. The van der Waals surface area contributed by atoms with Crippen molar-refractivity contribution in [2.75, 3.05) is 6.54 Å². The number of hydrogen-bond acceptors (Lipinski definition) is 5. The summed E-state index contributed by atoms with van der Waals surface area (Å²) in [4.78, 5) is 32.3. The number of aliphatic carboxylic acids is 1. The van der Waals surface area contributed by atoms with Gasteiger partial charge in [0.15, 0.2) is 0 Å². The van der Waals surface area contributed by atoms with Gasteiger partial charge in [-0.15, -0.1) is 5.10 Å². The van der Waals surface area contributed by atoms with Crippen molar-refractivity contribution in [2.45, 2.75) is 25.9 Å². The molecule has 0 spiro atoms. The number of carbonyl (C=O) groups is 3. The fraction of sp³-hybridized carbons (Fsp3) is 0.500. The van der Waals surface area contributed by atoms with E-state index in [9.17, 15) is 14.4 Å². The van der Waals surface area contributed by atoms with Crippen LogP contribution in [0.4, 0.5) is 4.79 Å². The number of nitrogens with zero attached hydrogens (tertiary/aromatic N) is 3. The van der Waals surface area contributed by atoms with Gasteiger partial charge in [0.2, 0.25) is 5.91 Å². The van der Waals surface area contributed by atoms with Crippen LogP contribution in [0.2, 0.25) is 0 Å². The van der Waals surface area contributed by atoms with Gasteiger partial charge >= 0.3 is 12.0 Å². The Hall–Kier alpha value is -2.65. The number of hydrogen-bond donors (Lipinski definition) is 4. The fourth-order valence-electron chi connectivity index (χ4n) is 1.33. The Kier molecular flexibility index (Phi) is 5.94. The molecule has 10 nitrogen and oxygen atoms in total. The zero-order valence-corrected chi connectivity index (χ0v) is 10.7. The molecular weight excluding hydrogens is 268 g/mol. The van der Waals surface area contributed by atoms with Gasteiger partial charge in [-0.1, -0.05) is 5.21 Å². The largest absolute Gasteiger partial charge is 0.480 e. The molecule has 0 fully saturated rings. The quantitative estimate of drug-likeness (QED) is 0.423. The van der Waals surface area contributed by atoms with Gasteiger partial charge in [0.25, 0.3) is 0 Å². The Bertz CT molecular complexity index is 486. The van der Waals surface area contributed by atoms with Gasteiger partial charge in [-0.05, 0) is 6.42 Å².